The second-order valence-corrected chi connectivity index (χ2v) is 6.17. The second-order valence-electron chi connectivity index (χ2n) is 6.17. The van der Waals surface area contributed by atoms with Crippen molar-refractivity contribution >= 4 is 17.9 Å². The highest BCUT2D eigenvalue weighted by molar-refractivity contribution is 5.89. The minimum Gasteiger partial charge on any atom is -0.462 e. The number of carbonyl (C=O) groups is 1. The topological polar surface area (TPSA) is 55.6 Å². The van der Waals surface area contributed by atoms with Gasteiger partial charge in [0.15, 0.2) is 0 Å². The van der Waals surface area contributed by atoms with Crippen LogP contribution in [0.15, 0.2) is 65.8 Å². The van der Waals surface area contributed by atoms with E-state index in [1.807, 2.05) is 55.6 Å². The van der Waals surface area contributed by atoms with Crippen molar-refractivity contribution in [1.29, 1.82) is 0 Å². The SMILES string of the molecule is CCOC(=O)c1ccc(-n2c(C)cc(/C=N\Nc3ccccc3)c2C)cc1. The van der Waals surface area contributed by atoms with Gasteiger partial charge in [-0.2, -0.15) is 5.10 Å². The van der Waals surface area contributed by atoms with E-state index in [2.05, 4.69) is 28.1 Å². The number of ether oxygens (including phenoxy) is 1. The Hall–Kier alpha value is -3.34. The quantitative estimate of drug-likeness (QED) is 0.393. The Morgan fingerprint density at radius 3 is 2.48 bits per heavy atom. The van der Waals surface area contributed by atoms with Gasteiger partial charge in [-0.25, -0.2) is 4.79 Å². The Morgan fingerprint density at radius 1 is 1.11 bits per heavy atom. The van der Waals surface area contributed by atoms with Crippen LogP contribution >= 0.6 is 0 Å². The van der Waals surface area contributed by atoms with Crippen LogP contribution in [0.25, 0.3) is 5.69 Å². The van der Waals surface area contributed by atoms with E-state index in [1.54, 1.807) is 19.1 Å². The Bertz CT molecular complexity index is 942. The van der Waals surface area contributed by atoms with Crippen LogP contribution in [-0.4, -0.2) is 23.4 Å². The molecule has 1 aromatic heterocycles. The molecule has 5 heteroatoms. The molecular formula is C22H23N3O2. The van der Waals surface area contributed by atoms with Gasteiger partial charge < -0.3 is 9.30 Å². The van der Waals surface area contributed by atoms with Gasteiger partial charge in [-0.3, -0.25) is 5.43 Å². The molecule has 0 aliphatic heterocycles. The van der Waals surface area contributed by atoms with Gasteiger partial charge in [-0.15, -0.1) is 0 Å². The summed E-state index contributed by atoms with van der Waals surface area (Å²) in [5, 5.41) is 4.33. The van der Waals surface area contributed by atoms with Crippen molar-refractivity contribution in [1.82, 2.24) is 4.57 Å². The largest absolute Gasteiger partial charge is 0.462 e. The zero-order valence-corrected chi connectivity index (χ0v) is 15.8. The number of para-hydroxylation sites is 1. The molecule has 0 saturated heterocycles. The van der Waals surface area contributed by atoms with E-state index >= 15 is 0 Å². The van der Waals surface area contributed by atoms with Crippen molar-refractivity contribution < 1.29 is 9.53 Å². The molecule has 0 radical (unpaired) electrons. The third kappa shape index (κ3) is 4.26. The van der Waals surface area contributed by atoms with Crippen LogP contribution in [0, 0.1) is 13.8 Å². The second kappa shape index (κ2) is 8.36. The average molecular weight is 361 g/mol. The summed E-state index contributed by atoms with van der Waals surface area (Å²) in [5.74, 6) is -0.301. The molecule has 0 aliphatic carbocycles. The lowest BCUT2D eigenvalue weighted by Gasteiger charge is -2.10. The maximum Gasteiger partial charge on any atom is 0.338 e. The Balaban J connectivity index is 1.80. The molecule has 0 unspecified atom stereocenters. The minimum atomic E-state index is -0.301. The van der Waals surface area contributed by atoms with Crippen LogP contribution in [-0.2, 0) is 4.74 Å². The number of rotatable bonds is 6. The number of anilines is 1. The van der Waals surface area contributed by atoms with Crippen molar-refractivity contribution in [3.63, 3.8) is 0 Å². The number of hydrogen-bond donors (Lipinski definition) is 1. The summed E-state index contributed by atoms with van der Waals surface area (Å²) in [4.78, 5) is 11.8. The first-order chi connectivity index (χ1) is 13.1. The number of aryl methyl sites for hydroxylation is 1. The Morgan fingerprint density at radius 2 is 1.81 bits per heavy atom. The first-order valence-electron chi connectivity index (χ1n) is 8.90. The van der Waals surface area contributed by atoms with Gasteiger partial charge in [0.25, 0.3) is 0 Å². The smallest absolute Gasteiger partial charge is 0.338 e. The molecule has 0 atom stereocenters. The highest BCUT2D eigenvalue weighted by Gasteiger charge is 2.11. The summed E-state index contributed by atoms with van der Waals surface area (Å²) in [5.41, 5.74) is 8.72. The summed E-state index contributed by atoms with van der Waals surface area (Å²) in [6.07, 6.45) is 1.82. The zero-order chi connectivity index (χ0) is 19.2. The third-order valence-electron chi connectivity index (χ3n) is 4.28. The van der Waals surface area contributed by atoms with Crippen molar-refractivity contribution in [3.8, 4) is 5.69 Å². The predicted octanol–water partition coefficient (Wildman–Crippen LogP) is 4.72. The highest BCUT2D eigenvalue weighted by Crippen LogP contribution is 2.20. The molecule has 0 aliphatic rings. The lowest BCUT2D eigenvalue weighted by molar-refractivity contribution is 0.0526. The number of esters is 1. The van der Waals surface area contributed by atoms with E-state index in [0.717, 1.165) is 28.3 Å². The lowest BCUT2D eigenvalue weighted by atomic mass is 10.2. The van der Waals surface area contributed by atoms with Crippen LogP contribution < -0.4 is 5.43 Å². The molecule has 0 bridgehead atoms. The van der Waals surface area contributed by atoms with Crippen molar-refractivity contribution in [2.75, 3.05) is 12.0 Å². The predicted molar refractivity (Wildman–Crippen MR) is 109 cm³/mol. The summed E-state index contributed by atoms with van der Waals surface area (Å²) in [6.45, 7) is 6.27. The molecule has 1 N–H and O–H groups in total. The number of hydrogen-bond acceptors (Lipinski definition) is 4. The molecule has 0 saturated carbocycles. The summed E-state index contributed by atoms with van der Waals surface area (Å²) < 4.78 is 7.17. The highest BCUT2D eigenvalue weighted by atomic mass is 16.5. The maximum absolute atomic E-state index is 11.8. The Labute approximate surface area is 159 Å². The number of hydrazone groups is 1. The number of nitrogens with zero attached hydrogens (tertiary/aromatic N) is 2. The van der Waals surface area contributed by atoms with E-state index < -0.39 is 0 Å². The van der Waals surface area contributed by atoms with Crippen LogP contribution in [0.1, 0.15) is 34.2 Å². The first kappa shape index (κ1) is 18.5. The van der Waals surface area contributed by atoms with Crippen LogP contribution in [0.2, 0.25) is 0 Å². The van der Waals surface area contributed by atoms with Crippen LogP contribution in [0.3, 0.4) is 0 Å². The van der Waals surface area contributed by atoms with E-state index in [0.29, 0.717) is 12.2 Å². The van der Waals surface area contributed by atoms with Gasteiger partial charge >= 0.3 is 5.97 Å². The molecule has 2 aromatic carbocycles. The van der Waals surface area contributed by atoms with Gasteiger partial charge in [0.05, 0.1) is 24.1 Å². The van der Waals surface area contributed by atoms with Gasteiger partial charge in [0.2, 0.25) is 0 Å². The molecule has 1 heterocycles. The average Bonchev–Trinajstić information content (AvgIpc) is 2.96. The minimum absolute atomic E-state index is 0.301. The molecule has 0 fully saturated rings. The number of nitrogens with one attached hydrogen (secondary N) is 1. The molecular weight excluding hydrogens is 338 g/mol. The van der Waals surface area contributed by atoms with E-state index in [1.165, 1.54) is 0 Å². The number of aromatic nitrogens is 1. The lowest BCUT2D eigenvalue weighted by Crippen LogP contribution is -2.05. The van der Waals surface area contributed by atoms with E-state index in [4.69, 9.17) is 4.74 Å². The fourth-order valence-electron chi connectivity index (χ4n) is 2.97. The maximum atomic E-state index is 11.8. The van der Waals surface area contributed by atoms with Crippen LogP contribution in [0.4, 0.5) is 5.69 Å². The summed E-state index contributed by atoms with van der Waals surface area (Å²) >= 11 is 0. The normalized spacial score (nSPS) is 10.9. The van der Waals surface area contributed by atoms with Crippen molar-refractivity contribution in [2.24, 2.45) is 5.10 Å². The third-order valence-corrected chi connectivity index (χ3v) is 4.28. The van der Waals surface area contributed by atoms with Gasteiger partial charge in [-0.05, 0) is 63.2 Å². The van der Waals surface area contributed by atoms with Gasteiger partial charge in [-0.1, -0.05) is 18.2 Å². The molecule has 0 amide bonds. The van der Waals surface area contributed by atoms with Crippen LogP contribution in [0.5, 0.6) is 0 Å². The molecule has 27 heavy (non-hydrogen) atoms. The first-order valence-corrected chi connectivity index (χ1v) is 8.90. The summed E-state index contributed by atoms with van der Waals surface area (Å²) in [7, 11) is 0. The summed E-state index contributed by atoms with van der Waals surface area (Å²) in [6, 6.07) is 19.3. The standard InChI is InChI=1S/C22H23N3O2/c1-4-27-22(26)18-10-12-21(13-11-18)25-16(2)14-19(17(25)3)15-23-24-20-8-6-5-7-9-20/h5-15,24H,4H2,1-3H3/b23-15-. The number of carbonyl (C=O) groups excluding carboxylic acids is 1. The molecule has 138 valence electrons. The zero-order valence-electron chi connectivity index (χ0n) is 15.8. The van der Waals surface area contributed by atoms with E-state index in [9.17, 15) is 4.79 Å². The molecule has 0 spiro atoms. The monoisotopic (exact) mass is 361 g/mol. The van der Waals surface area contributed by atoms with Crippen molar-refractivity contribution in [3.05, 3.63) is 83.2 Å². The molecule has 3 aromatic rings. The number of benzene rings is 2. The van der Waals surface area contributed by atoms with E-state index in [-0.39, 0.29) is 5.97 Å². The fourth-order valence-corrected chi connectivity index (χ4v) is 2.97. The Kier molecular flexibility index (Phi) is 5.71. The van der Waals surface area contributed by atoms with Gasteiger partial charge in [0.1, 0.15) is 0 Å². The fraction of sp³-hybridized carbons (Fsp3) is 0.182. The van der Waals surface area contributed by atoms with Gasteiger partial charge in [0, 0.05) is 22.6 Å². The molecule has 5 nitrogen and oxygen atoms in total. The van der Waals surface area contributed by atoms with Crippen molar-refractivity contribution in [2.45, 2.75) is 20.8 Å². The molecule has 3 rings (SSSR count).